The van der Waals surface area contributed by atoms with E-state index in [1.165, 1.54) is 11.7 Å². The Morgan fingerprint density at radius 3 is 2.49 bits per heavy atom. The highest BCUT2D eigenvalue weighted by Gasteiger charge is 2.33. The zero-order valence-electron chi connectivity index (χ0n) is 26.7. The van der Waals surface area contributed by atoms with Crippen LogP contribution in [-0.4, -0.2) is 98.1 Å². The van der Waals surface area contributed by atoms with E-state index in [0.717, 1.165) is 27.6 Å². The van der Waals surface area contributed by atoms with E-state index in [1.54, 1.807) is 24.3 Å². The van der Waals surface area contributed by atoms with Crippen molar-refractivity contribution in [2.24, 2.45) is 0 Å². The number of aromatic nitrogens is 1. The van der Waals surface area contributed by atoms with Gasteiger partial charge in [0, 0.05) is 55.1 Å². The number of methoxy groups -OCH3 is 2. The lowest BCUT2D eigenvalue weighted by Crippen LogP contribution is -2.49. The number of nitrogens with one attached hydrogen (secondary N) is 1. The number of carbonyl (C=O) groups excluding carboxylic acids is 2. The number of hydrogen-bond donors (Lipinski definition) is 1. The van der Waals surface area contributed by atoms with Gasteiger partial charge in [-0.2, -0.15) is 0 Å². The van der Waals surface area contributed by atoms with Gasteiger partial charge in [-0.05, 0) is 63.1 Å². The molecule has 0 saturated carbocycles. The summed E-state index contributed by atoms with van der Waals surface area (Å²) < 4.78 is 50.4. The minimum atomic E-state index is -2.46. The summed E-state index contributed by atoms with van der Waals surface area (Å²) in [6, 6.07) is 9.07. The third kappa shape index (κ3) is 7.23. The van der Waals surface area contributed by atoms with Gasteiger partial charge in [-0.25, -0.2) is 18.4 Å². The number of ether oxygens (including phenoxy) is 4. The topological polar surface area (TPSA) is 94.5 Å². The van der Waals surface area contributed by atoms with Gasteiger partial charge in [0.2, 0.25) is 0 Å². The molecule has 0 bridgehead atoms. The van der Waals surface area contributed by atoms with Crippen LogP contribution in [0.4, 0.5) is 19.3 Å². The molecule has 1 atom stereocenters. The fraction of sp³-hybridized carbons (Fsp3) is 0.515. The van der Waals surface area contributed by atoms with Gasteiger partial charge in [0.15, 0.2) is 0 Å². The molecular formula is C33H42F2N4O6. The maximum atomic E-state index is 13.5. The Morgan fingerprint density at radius 2 is 1.87 bits per heavy atom. The SMILES string of the molecule is COC(=O)c1ccc([C@H]2CN(CC(F)F)CCN2Cc2c(OC)cc(C)c3c2ccn3C(=O)OC(C)(C)C)cc1NC1COC1. The van der Waals surface area contributed by atoms with Gasteiger partial charge in [0.25, 0.3) is 6.43 Å². The van der Waals surface area contributed by atoms with Gasteiger partial charge in [-0.3, -0.25) is 14.4 Å². The molecule has 0 spiro atoms. The Bertz CT molecular complexity index is 1550. The molecular weight excluding hydrogens is 586 g/mol. The van der Waals surface area contributed by atoms with Crippen molar-refractivity contribution < 1.29 is 37.3 Å². The summed E-state index contributed by atoms with van der Waals surface area (Å²) in [6.45, 7) is 9.89. The van der Waals surface area contributed by atoms with E-state index in [2.05, 4.69) is 10.2 Å². The smallest absolute Gasteiger partial charge is 0.419 e. The van der Waals surface area contributed by atoms with Crippen molar-refractivity contribution in [1.29, 1.82) is 0 Å². The van der Waals surface area contributed by atoms with E-state index < -0.39 is 24.1 Å². The van der Waals surface area contributed by atoms with Crippen molar-refractivity contribution in [3.63, 3.8) is 0 Å². The first-order valence-corrected chi connectivity index (χ1v) is 15.1. The molecule has 2 fully saturated rings. The summed E-state index contributed by atoms with van der Waals surface area (Å²) in [5, 5.41) is 4.23. The summed E-state index contributed by atoms with van der Waals surface area (Å²) in [4.78, 5) is 29.7. The molecule has 3 heterocycles. The van der Waals surface area contributed by atoms with Gasteiger partial charge < -0.3 is 24.3 Å². The fourth-order valence-electron chi connectivity index (χ4n) is 6.03. The van der Waals surface area contributed by atoms with Crippen molar-refractivity contribution in [3.8, 4) is 5.75 Å². The maximum absolute atomic E-state index is 13.5. The number of esters is 1. The fourth-order valence-corrected chi connectivity index (χ4v) is 6.03. The Kier molecular flexibility index (Phi) is 9.66. The minimum absolute atomic E-state index is 0.0561. The predicted octanol–water partition coefficient (Wildman–Crippen LogP) is 5.46. The van der Waals surface area contributed by atoms with E-state index >= 15 is 0 Å². The van der Waals surface area contributed by atoms with E-state index in [4.69, 9.17) is 18.9 Å². The Balaban J connectivity index is 1.54. The van der Waals surface area contributed by atoms with Crippen LogP contribution in [0.1, 0.15) is 53.9 Å². The van der Waals surface area contributed by atoms with Crippen LogP contribution >= 0.6 is 0 Å². The van der Waals surface area contributed by atoms with Gasteiger partial charge >= 0.3 is 12.1 Å². The molecule has 1 N–H and O–H groups in total. The largest absolute Gasteiger partial charge is 0.496 e. The van der Waals surface area contributed by atoms with Crippen LogP contribution in [0.2, 0.25) is 0 Å². The van der Waals surface area contributed by atoms with Crippen molar-refractivity contribution in [2.75, 3.05) is 58.9 Å². The van der Waals surface area contributed by atoms with E-state index in [9.17, 15) is 18.4 Å². The molecule has 12 heteroatoms. The Hall–Kier alpha value is -3.74. The molecule has 10 nitrogen and oxygen atoms in total. The quantitative estimate of drug-likeness (QED) is 0.310. The second-order valence-electron chi connectivity index (χ2n) is 12.6. The summed E-state index contributed by atoms with van der Waals surface area (Å²) in [6.07, 6.45) is -1.22. The van der Waals surface area contributed by atoms with Gasteiger partial charge in [0.1, 0.15) is 11.4 Å². The number of rotatable bonds is 9. The molecule has 3 aromatic rings. The predicted molar refractivity (Wildman–Crippen MR) is 166 cm³/mol. The molecule has 45 heavy (non-hydrogen) atoms. The number of hydrogen-bond acceptors (Lipinski definition) is 9. The Morgan fingerprint density at radius 1 is 1.11 bits per heavy atom. The standard InChI is InChI=1S/C33H42F2N4O6/c1-20-13-28(42-5)25(23-9-10-39(30(20)23)32(41)45-33(2,3)4)15-38-12-11-37(17-29(34)35)16-27(38)21-7-8-24(31(40)43-6)26(14-21)36-22-18-44-19-22/h7-10,13-14,22,27,29,36H,11-12,15-19H2,1-6H3/t27-/m1/s1. The van der Waals surface area contributed by atoms with Crippen LogP contribution < -0.4 is 10.1 Å². The molecule has 0 radical (unpaired) electrons. The van der Waals surface area contributed by atoms with Gasteiger partial charge in [0.05, 0.1) is 51.1 Å². The normalized spacial score (nSPS) is 18.2. The molecule has 5 rings (SSSR count). The highest BCUT2D eigenvalue weighted by Crippen LogP contribution is 2.37. The number of anilines is 1. The van der Waals surface area contributed by atoms with Crippen LogP contribution in [0, 0.1) is 6.92 Å². The molecule has 0 aliphatic carbocycles. The van der Waals surface area contributed by atoms with Crippen LogP contribution in [0.25, 0.3) is 10.9 Å². The molecule has 1 aromatic heterocycles. The second-order valence-corrected chi connectivity index (χ2v) is 12.6. The summed E-state index contributed by atoms with van der Waals surface area (Å²) in [5.74, 6) is 0.203. The third-order valence-corrected chi connectivity index (χ3v) is 8.20. The summed E-state index contributed by atoms with van der Waals surface area (Å²) >= 11 is 0. The highest BCUT2D eigenvalue weighted by atomic mass is 19.3. The van der Waals surface area contributed by atoms with Crippen molar-refractivity contribution in [1.82, 2.24) is 14.4 Å². The lowest BCUT2D eigenvalue weighted by molar-refractivity contribution is 0.0209. The van der Waals surface area contributed by atoms with Gasteiger partial charge in [-0.15, -0.1) is 0 Å². The first kappa shape index (κ1) is 32.6. The number of carbonyl (C=O) groups is 2. The van der Waals surface area contributed by atoms with Crippen LogP contribution in [0.15, 0.2) is 36.5 Å². The highest BCUT2D eigenvalue weighted by molar-refractivity contribution is 5.96. The molecule has 2 saturated heterocycles. The van der Waals surface area contributed by atoms with Crippen LogP contribution in [0.5, 0.6) is 5.75 Å². The van der Waals surface area contributed by atoms with Crippen molar-refractivity contribution >= 4 is 28.7 Å². The minimum Gasteiger partial charge on any atom is -0.496 e. The zero-order valence-corrected chi connectivity index (χ0v) is 26.7. The van der Waals surface area contributed by atoms with Gasteiger partial charge in [-0.1, -0.05) is 6.07 Å². The molecule has 0 amide bonds. The number of alkyl halides is 2. The second kappa shape index (κ2) is 13.3. The monoisotopic (exact) mass is 628 g/mol. The first-order chi connectivity index (χ1) is 21.4. The van der Waals surface area contributed by atoms with Crippen molar-refractivity contribution in [2.45, 2.75) is 58.3 Å². The molecule has 2 aliphatic heterocycles. The number of halogens is 2. The number of nitrogens with zero attached hydrogens (tertiary/aromatic N) is 3. The molecule has 2 aromatic carbocycles. The average Bonchev–Trinajstić information content (AvgIpc) is 3.41. The summed E-state index contributed by atoms with van der Waals surface area (Å²) in [5.41, 5.74) is 3.68. The molecule has 0 unspecified atom stereocenters. The van der Waals surface area contributed by atoms with E-state index in [1.807, 2.05) is 52.0 Å². The Labute approximate surface area is 262 Å². The maximum Gasteiger partial charge on any atom is 0.419 e. The zero-order chi connectivity index (χ0) is 32.5. The first-order valence-electron chi connectivity index (χ1n) is 15.1. The van der Waals surface area contributed by atoms with Crippen molar-refractivity contribution in [3.05, 3.63) is 58.8 Å². The number of benzene rings is 2. The van der Waals surface area contributed by atoms with E-state index in [-0.39, 0.29) is 18.6 Å². The lowest BCUT2D eigenvalue weighted by atomic mass is 9.97. The molecule has 2 aliphatic rings. The summed E-state index contributed by atoms with van der Waals surface area (Å²) in [7, 11) is 2.95. The number of fused-ring (bicyclic) bond motifs is 1. The lowest BCUT2D eigenvalue weighted by Gasteiger charge is -2.42. The molecule has 244 valence electrons. The van der Waals surface area contributed by atoms with E-state index in [0.29, 0.717) is 56.4 Å². The van der Waals surface area contributed by atoms with Crippen LogP contribution in [0.3, 0.4) is 0 Å². The average molecular weight is 629 g/mol. The number of piperazine rings is 1. The van der Waals surface area contributed by atoms with Crippen LogP contribution in [-0.2, 0) is 20.8 Å². The third-order valence-electron chi connectivity index (χ3n) is 8.20. The number of aryl methyl sites for hydroxylation is 1.